The maximum Gasteiger partial charge on any atom is 0.178 e. The second-order valence-corrected chi connectivity index (χ2v) is 6.98. The zero-order valence-electron chi connectivity index (χ0n) is 15.4. The van der Waals surface area contributed by atoms with E-state index in [-0.39, 0.29) is 17.6 Å². The van der Waals surface area contributed by atoms with Crippen LogP contribution in [0.3, 0.4) is 0 Å². The largest absolute Gasteiger partial charge is 0.497 e. The van der Waals surface area contributed by atoms with Gasteiger partial charge in [-0.15, -0.1) is 0 Å². The monoisotopic (exact) mass is 402 g/mol. The second kappa shape index (κ2) is 8.16. The molecule has 2 aromatic carbocycles. The van der Waals surface area contributed by atoms with E-state index in [1.54, 1.807) is 37.4 Å². The molecule has 1 fully saturated rings. The van der Waals surface area contributed by atoms with Crippen molar-refractivity contribution in [3.63, 3.8) is 0 Å². The highest BCUT2D eigenvalue weighted by atomic mass is 35.5. The van der Waals surface area contributed by atoms with E-state index in [0.29, 0.717) is 32.5 Å². The number of hydrogen-bond donors (Lipinski definition) is 1. The molecule has 1 saturated heterocycles. The highest BCUT2D eigenvalue weighted by Crippen LogP contribution is 2.39. The number of nitrogens with zero attached hydrogens (tertiary/aromatic N) is 3. The lowest BCUT2D eigenvalue weighted by molar-refractivity contribution is 0.164. The lowest BCUT2D eigenvalue weighted by Gasteiger charge is -2.25. The molecule has 0 amide bonds. The molecule has 8 heteroatoms. The smallest absolute Gasteiger partial charge is 0.178 e. The highest BCUT2D eigenvalue weighted by Gasteiger charge is 2.22. The van der Waals surface area contributed by atoms with Crippen molar-refractivity contribution < 1.29 is 14.0 Å². The van der Waals surface area contributed by atoms with Crippen LogP contribution >= 0.6 is 11.6 Å². The van der Waals surface area contributed by atoms with Crippen molar-refractivity contribution in [1.29, 1.82) is 0 Å². The van der Waals surface area contributed by atoms with Crippen LogP contribution in [0.4, 0.5) is 16.0 Å². The number of methoxy groups -OCH3 is 1. The normalized spacial score (nSPS) is 14.8. The minimum Gasteiger partial charge on any atom is -0.497 e. The Labute approximate surface area is 167 Å². The van der Waals surface area contributed by atoms with E-state index in [1.165, 1.54) is 12.4 Å². The number of ether oxygens (including phenoxy) is 2. The standard InChI is InChI=1S/C20H20ClFN4O2/c1-27-16-10-17-19(18(11-16)28-15-5-7-23-8-6-15)20(25-12-24-17)26(22)14-4-2-3-13(21)9-14/h2-4,9-12,15,23H,5-8H2,1H3. The maximum atomic E-state index is 15.3. The number of fused-ring (bicyclic) bond motifs is 1. The fourth-order valence-corrected chi connectivity index (χ4v) is 3.47. The summed E-state index contributed by atoms with van der Waals surface area (Å²) in [6, 6.07) is 10.0. The zero-order chi connectivity index (χ0) is 19.5. The lowest BCUT2D eigenvalue weighted by atomic mass is 10.1. The quantitative estimate of drug-likeness (QED) is 0.636. The van der Waals surface area contributed by atoms with Crippen LogP contribution in [0.2, 0.25) is 5.02 Å². The Morgan fingerprint density at radius 3 is 2.75 bits per heavy atom. The van der Waals surface area contributed by atoms with Gasteiger partial charge in [0.05, 0.1) is 23.7 Å². The fourth-order valence-electron chi connectivity index (χ4n) is 3.29. The average Bonchev–Trinajstić information content (AvgIpc) is 2.73. The fraction of sp³-hybridized carbons (Fsp3) is 0.300. The Hall–Kier alpha value is -2.64. The van der Waals surface area contributed by atoms with Crippen molar-refractivity contribution in [2.45, 2.75) is 18.9 Å². The molecule has 1 N–H and O–H groups in total. The van der Waals surface area contributed by atoms with E-state index in [4.69, 9.17) is 21.1 Å². The van der Waals surface area contributed by atoms with E-state index in [2.05, 4.69) is 15.3 Å². The van der Waals surface area contributed by atoms with Gasteiger partial charge in [-0.05, 0) is 44.1 Å². The first-order chi connectivity index (χ1) is 13.7. The Balaban J connectivity index is 1.82. The molecule has 0 unspecified atom stereocenters. The van der Waals surface area contributed by atoms with E-state index in [9.17, 15) is 0 Å². The van der Waals surface area contributed by atoms with E-state index in [0.717, 1.165) is 25.9 Å². The lowest BCUT2D eigenvalue weighted by Crippen LogP contribution is -2.34. The molecule has 1 aromatic heterocycles. The van der Waals surface area contributed by atoms with Crippen LogP contribution in [0.1, 0.15) is 12.8 Å². The summed E-state index contributed by atoms with van der Waals surface area (Å²) >= 11 is 6.02. The summed E-state index contributed by atoms with van der Waals surface area (Å²) in [5.74, 6) is 1.19. The van der Waals surface area contributed by atoms with Gasteiger partial charge in [-0.2, -0.15) is 5.12 Å². The summed E-state index contributed by atoms with van der Waals surface area (Å²) in [5, 5.41) is 4.73. The number of benzene rings is 2. The number of hydrogen-bond acceptors (Lipinski definition) is 6. The summed E-state index contributed by atoms with van der Waals surface area (Å²) < 4.78 is 26.9. The first kappa shape index (κ1) is 18.7. The van der Waals surface area contributed by atoms with Gasteiger partial charge >= 0.3 is 0 Å². The molecule has 2 heterocycles. The van der Waals surface area contributed by atoms with Gasteiger partial charge in [0.25, 0.3) is 0 Å². The van der Waals surface area contributed by atoms with Crippen LogP contribution in [-0.2, 0) is 0 Å². The summed E-state index contributed by atoms with van der Waals surface area (Å²) in [5.41, 5.74) is 0.814. The van der Waals surface area contributed by atoms with Gasteiger partial charge < -0.3 is 14.8 Å². The van der Waals surface area contributed by atoms with Gasteiger partial charge in [-0.1, -0.05) is 22.1 Å². The Morgan fingerprint density at radius 2 is 2.00 bits per heavy atom. The molecule has 0 radical (unpaired) electrons. The molecule has 3 aromatic rings. The Morgan fingerprint density at radius 1 is 1.18 bits per heavy atom. The van der Waals surface area contributed by atoms with Crippen LogP contribution in [0, 0.1) is 0 Å². The number of aromatic nitrogens is 2. The number of halogens is 2. The van der Waals surface area contributed by atoms with Gasteiger partial charge in [-0.25, -0.2) is 9.97 Å². The van der Waals surface area contributed by atoms with Crippen LogP contribution in [0.5, 0.6) is 11.5 Å². The van der Waals surface area contributed by atoms with Crippen LogP contribution in [-0.4, -0.2) is 36.3 Å². The zero-order valence-corrected chi connectivity index (χ0v) is 16.1. The van der Waals surface area contributed by atoms with Crippen LogP contribution in [0.15, 0.2) is 42.7 Å². The molecule has 0 bridgehead atoms. The van der Waals surface area contributed by atoms with Gasteiger partial charge in [0.15, 0.2) is 5.82 Å². The molecule has 1 aliphatic heterocycles. The first-order valence-corrected chi connectivity index (χ1v) is 9.45. The first-order valence-electron chi connectivity index (χ1n) is 9.07. The molecule has 28 heavy (non-hydrogen) atoms. The molecule has 146 valence electrons. The van der Waals surface area contributed by atoms with Crippen LogP contribution in [0.25, 0.3) is 10.9 Å². The summed E-state index contributed by atoms with van der Waals surface area (Å²) in [4.78, 5) is 8.48. The minimum absolute atomic E-state index is 0.0313. The SMILES string of the molecule is COc1cc(OC2CCNCC2)c2c(N(F)c3cccc(Cl)c3)ncnc2c1. The van der Waals surface area contributed by atoms with Crippen LogP contribution < -0.4 is 19.9 Å². The summed E-state index contributed by atoms with van der Waals surface area (Å²) in [6.07, 6.45) is 3.09. The molecular weight excluding hydrogens is 383 g/mol. The predicted octanol–water partition coefficient (Wildman–Crippen LogP) is 4.45. The molecular formula is C20H20ClFN4O2. The number of rotatable bonds is 5. The predicted molar refractivity (Wildman–Crippen MR) is 107 cm³/mol. The highest BCUT2D eigenvalue weighted by molar-refractivity contribution is 6.30. The van der Waals surface area contributed by atoms with E-state index >= 15 is 4.48 Å². The molecule has 1 aliphatic rings. The van der Waals surface area contributed by atoms with Crippen molar-refractivity contribution >= 4 is 34.0 Å². The minimum atomic E-state index is 0.0313. The third-order valence-electron chi connectivity index (χ3n) is 4.69. The summed E-state index contributed by atoms with van der Waals surface area (Å²) in [7, 11) is 1.57. The maximum absolute atomic E-state index is 15.3. The van der Waals surface area contributed by atoms with Crippen molar-refractivity contribution in [3.8, 4) is 11.5 Å². The van der Waals surface area contributed by atoms with Crippen molar-refractivity contribution in [2.24, 2.45) is 0 Å². The van der Waals surface area contributed by atoms with Crippen molar-refractivity contribution in [2.75, 3.05) is 25.3 Å². The van der Waals surface area contributed by atoms with Gasteiger partial charge in [-0.3, -0.25) is 0 Å². The molecule has 0 atom stereocenters. The van der Waals surface area contributed by atoms with E-state index in [1.807, 2.05) is 0 Å². The van der Waals surface area contributed by atoms with Crippen molar-refractivity contribution in [1.82, 2.24) is 15.3 Å². The molecule has 0 aliphatic carbocycles. The third-order valence-corrected chi connectivity index (χ3v) is 4.93. The number of piperidine rings is 1. The Bertz CT molecular complexity index is 982. The molecule has 6 nitrogen and oxygen atoms in total. The topological polar surface area (TPSA) is 59.5 Å². The summed E-state index contributed by atoms with van der Waals surface area (Å²) in [6.45, 7) is 1.77. The molecule has 4 rings (SSSR count). The third kappa shape index (κ3) is 3.81. The van der Waals surface area contributed by atoms with Gasteiger partial charge in [0, 0.05) is 17.2 Å². The van der Waals surface area contributed by atoms with Gasteiger partial charge in [0.1, 0.15) is 23.9 Å². The number of anilines is 2. The van der Waals surface area contributed by atoms with E-state index < -0.39 is 0 Å². The molecule has 0 spiro atoms. The second-order valence-electron chi connectivity index (χ2n) is 6.54. The van der Waals surface area contributed by atoms with Gasteiger partial charge in [0.2, 0.25) is 0 Å². The number of nitrogens with one attached hydrogen (secondary N) is 1. The molecule has 0 saturated carbocycles. The van der Waals surface area contributed by atoms with Crippen molar-refractivity contribution in [3.05, 3.63) is 47.7 Å². The Kier molecular flexibility index (Phi) is 5.45. The average molecular weight is 403 g/mol.